The molecule has 1 heterocycles. The maximum atomic E-state index is 12.0. The van der Waals surface area contributed by atoms with Gasteiger partial charge in [0.25, 0.3) is 5.91 Å². The first-order chi connectivity index (χ1) is 14.0. The van der Waals surface area contributed by atoms with E-state index in [0.29, 0.717) is 12.1 Å². The van der Waals surface area contributed by atoms with Crippen LogP contribution < -0.4 is 10.6 Å². The summed E-state index contributed by atoms with van der Waals surface area (Å²) in [6, 6.07) is 15.3. The van der Waals surface area contributed by atoms with Gasteiger partial charge in [-0.15, -0.1) is 11.3 Å². The topological polar surface area (TPSA) is 71.1 Å². The number of hydrogen-bond acceptors (Lipinski definition) is 4. The summed E-state index contributed by atoms with van der Waals surface area (Å²) >= 11 is 1.64. The van der Waals surface area contributed by atoms with E-state index in [1.54, 1.807) is 48.7 Å². The highest BCUT2D eigenvalue weighted by Gasteiger charge is 2.03. The van der Waals surface area contributed by atoms with Gasteiger partial charge in [0.15, 0.2) is 0 Å². The number of nitrogens with one attached hydrogen (secondary N) is 2. The van der Waals surface area contributed by atoms with E-state index in [1.165, 1.54) is 6.08 Å². The van der Waals surface area contributed by atoms with Crippen LogP contribution in [0.15, 0.2) is 60.0 Å². The Hall–Kier alpha value is -3.25. The van der Waals surface area contributed by atoms with Crippen LogP contribution in [-0.2, 0) is 11.2 Å². The van der Waals surface area contributed by atoms with Crippen molar-refractivity contribution in [2.45, 2.75) is 13.3 Å². The molecule has 0 spiro atoms. The van der Waals surface area contributed by atoms with E-state index in [4.69, 9.17) is 0 Å². The van der Waals surface area contributed by atoms with E-state index in [1.807, 2.05) is 6.92 Å². The molecule has 2 aromatic carbocycles. The molecule has 2 amide bonds. The highest BCUT2D eigenvalue weighted by atomic mass is 32.1. The quantitative estimate of drug-likeness (QED) is 0.587. The predicted octanol–water partition coefficient (Wildman–Crippen LogP) is 3.85. The van der Waals surface area contributed by atoms with Gasteiger partial charge in [-0.2, -0.15) is 0 Å². The van der Waals surface area contributed by atoms with Crippen LogP contribution >= 0.6 is 11.3 Å². The van der Waals surface area contributed by atoms with Crippen LogP contribution in [0, 0.1) is 6.92 Å². The predicted molar refractivity (Wildman–Crippen MR) is 118 cm³/mol. The van der Waals surface area contributed by atoms with Gasteiger partial charge in [-0.1, -0.05) is 36.4 Å². The van der Waals surface area contributed by atoms with Crippen LogP contribution in [0.2, 0.25) is 0 Å². The standard InChI is InChI=1S/C23H23N3O2S/c1-16-26-21(15-29-16)19-8-3-18(4-9-19)13-14-25-22(27)12-7-17-5-10-20(11-6-17)23(28)24-2/h3-12,15H,13-14H2,1-2H3,(H,24,28)(H,25,27)/b12-7+. The Bertz CT molecular complexity index is 1010. The number of amides is 2. The average molecular weight is 406 g/mol. The molecule has 3 rings (SSSR count). The average Bonchev–Trinajstić information content (AvgIpc) is 3.19. The zero-order valence-electron chi connectivity index (χ0n) is 16.4. The van der Waals surface area contributed by atoms with E-state index in [2.05, 4.69) is 45.3 Å². The van der Waals surface area contributed by atoms with Crippen molar-refractivity contribution in [1.29, 1.82) is 0 Å². The number of hydrogen-bond donors (Lipinski definition) is 2. The van der Waals surface area contributed by atoms with Crippen molar-refractivity contribution in [1.82, 2.24) is 15.6 Å². The lowest BCUT2D eigenvalue weighted by Gasteiger charge is -2.04. The molecule has 0 unspecified atom stereocenters. The molecule has 29 heavy (non-hydrogen) atoms. The van der Waals surface area contributed by atoms with Gasteiger partial charge >= 0.3 is 0 Å². The molecule has 148 valence electrons. The Morgan fingerprint density at radius 2 is 1.79 bits per heavy atom. The fourth-order valence-corrected chi connectivity index (χ4v) is 3.41. The smallest absolute Gasteiger partial charge is 0.251 e. The van der Waals surface area contributed by atoms with Gasteiger partial charge in [-0.25, -0.2) is 4.98 Å². The second kappa shape index (κ2) is 9.80. The summed E-state index contributed by atoms with van der Waals surface area (Å²) in [6.07, 6.45) is 3.99. The Morgan fingerprint density at radius 3 is 2.41 bits per heavy atom. The SMILES string of the molecule is CNC(=O)c1ccc(/C=C/C(=O)NCCc2ccc(-c3csc(C)n3)cc2)cc1. The molecule has 0 saturated heterocycles. The van der Waals surface area contributed by atoms with Crippen LogP contribution in [0.3, 0.4) is 0 Å². The summed E-state index contributed by atoms with van der Waals surface area (Å²) in [6.45, 7) is 2.56. The molecule has 3 aromatic rings. The first kappa shape index (κ1) is 20.5. The number of carbonyl (C=O) groups is 2. The van der Waals surface area contributed by atoms with E-state index in [-0.39, 0.29) is 11.8 Å². The van der Waals surface area contributed by atoms with Gasteiger partial charge < -0.3 is 10.6 Å². The fraction of sp³-hybridized carbons (Fsp3) is 0.174. The highest BCUT2D eigenvalue weighted by molar-refractivity contribution is 7.09. The second-order valence-electron chi connectivity index (χ2n) is 6.52. The van der Waals surface area contributed by atoms with Crippen LogP contribution in [0.5, 0.6) is 0 Å². The fourth-order valence-electron chi connectivity index (χ4n) is 2.79. The first-order valence-corrected chi connectivity index (χ1v) is 10.2. The molecule has 0 radical (unpaired) electrons. The third-order valence-electron chi connectivity index (χ3n) is 4.41. The lowest BCUT2D eigenvalue weighted by molar-refractivity contribution is -0.116. The van der Waals surface area contributed by atoms with Gasteiger partial charge in [0.1, 0.15) is 0 Å². The van der Waals surface area contributed by atoms with Crippen molar-refractivity contribution >= 4 is 29.2 Å². The minimum absolute atomic E-state index is 0.131. The summed E-state index contributed by atoms with van der Waals surface area (Å²) in [5.41, 5.74) is 4.72. The largest absolute Gasteiger partial charge is 0.355 e. The lowest BCUT2D eigenvalue weighted by atomic mass is 10.1. The number of nitrogens with zero attached hydrogens (tertiary/aromatic N) is 1. The molecule has 0 atom stereocenters. The van der Waals surface area contributed by atoms with Crippen LogP contribution in [0.1, 0.15) is 26.5 Å². The second-order valence-corrected chi connectivity index (χ2v) is 7.59. The zero-order chi connectivity index (χ0) is 20.6. The Balaban J connectivity index is 1.46. The lowest BCUT2D eigenvalue weighted by Crippen LogP contribution is -2.23. The normalized spacial score (nSPS) is 10.8. The maximum Gasteiger partial charge on any atom is 0.251 e. The summed E-state index contributed by atoms with van der Waals surface area (Å²) in [4.78, 5) is 28.0. The first-order valence-electron chi connectivity index (χ1n) is 9.34. The van der Waals surface area contributed by atoms with E-state index < -0.39 is 0 Å². The monoisotopic (exact) mass is 405 g/mol. The van der Waals surface area contributed by atoms with Crippen LogP contribution in [-0.4, -0.2) is 30.4 Å². The number of thiazole rings is 1. The van der Waals surface area contributed by atoms with Gasteiger partial charge in [-0.05, 0) is 42.7 Å². The van der Waals surface area contributed by atoms with Gasteiger partial charge in [0.05, 0.1) is 10.7 Å². The summed E-state index contributed by atoms with van der Waals surface area (Å²) in [7, 11) is 1.59. The Morgan fingerprint density at radius 1 is 1.07 bits per heavy atom. The molecule has 6 heteroatoms. The number of aromatic nitrogens is 1. The van der Waals surface area contributed by atoms with Crippen molar-refractivity contribution in [3.05, 3.63) is 81.7 Å². The summed E-state index contributed by atoms with van der Waals surface area (Å²) < 4.78 is 0. The van der Waals surface area contributed by atoms with Gasteiger partial charge in [0, 0.05) is 36.2 Å². The molecule has 0 fully saturated rings. The van der Waals surface area contributed by atoms with Crippen molar-refractivity contribution < 1.29 is 9.59 Å². The van der Waals surface area contributed by atoms with Crippen LogP contribution in [0.4, 0.5) is 0 Å². The van der Waals surface area contributed by atoms with Crippen molar-refractivity contribution in [3.63, 3.8) is 0 Å². The van der Waals surface area contributed by atoms with Crippen molar-refractivity contribution in [3.8, 4) is 11.3 Å². The van der Waals surface area contributed by atoms with Gasteiger partial charge in [-0.3, -0.25) is 9.59 Å². The van der Waals surface area contributed by atoms with Crippen LogP contribution in [0.25, 0.3) is 17.3 Å². The number of rotatable bonds is 7. The molecule has 0 aliphatic carbocycles. The van der Waals surface area contributed by atoms with Crippen molar-refractivity contribution in [2.24, 2.45) is 0 Å². The molecular formula is C23H23N3O2S. The number of benzene rings is 2. The molecule has 5 nitrogen and oxygen atoms in total. The highest BCUT2D eigenvalue weighted by Crippen LogP contribution is 2.21. The van der Waals surface area contributed by atoms with E-state index in [9.17, 15) is 9.59 Å². The van der Waals surface area contributed by atoms with Crippen molar-refractivity contribution in [2.75, 3.05) is 13.6 Å². The molecular weight excluding hydrogens is 382 g/mol. The Labute approximate surface area is 174 Å². The minimum Gasteiger partial charge on any atom is -0.355 e. The molecule has 0 aliphatic heterocycles. The van der Waals surface area contributed by atoms with E-state index >= 15 is 0 Å². The molecule has 0 bridgehead atoms. The molecule has 1 aromatic heterocycles. The van der Waals surface area contributed by atoms with Gasteiger partial charge in [0.2, 0.25) is 5.91 Å². The summed E-state index contributed by atoms with van der Waals surface area (Å²) in [5, 5.41) is 8.58. The minimum atomic E-state index is -0.144. The third-order valence-corrected chi connectivity index (χ3v) is 5.18. The van der Waals surface area contributed by atoms with E-state index in [0.717, 1.165) is 33.8 Å². The zero-order valence-corrected chi connectivity index (χ0v) is 17.3. The molecule has 0 aliphatic rings. The number of aryl methyl sites for hydroxylation is 1. The number of carbonyl (C=O) groups excluding carboxylic acids is 2. The molecule has 2 N–H and O–H groups in total. The summed E-state index contributed by atoms with van der Waals surface area (Å²) in [5.74, 6) is -0.275. The Kier molecular flexibility index (Phi) is 6.92. The maximum absolute atomic E-state index is 12.0. The molecule has 0 saturated carbocycles. The third kappa shape index (κ3) is 5.86.